The molecule has 0 saturated carbocycles. The molecule has 2 saturated heterocycles. The van der Waals surface area contributed by atoms with Crippen molar-refractivity contribution >= 4 is 15.6 Å². The number of nitrogens with two attached hydrogens (primary N) is 1. The molecule has 0 aliphatic carbocycles. The molecule has 3 heterocycles. The van der Waals surface area contributed by atoms with Crippen molar-refractivity contribution in [3.05, 3.63) is 28.9 Å². The Hall–Kier alpha value is -0.980. The number of aliphatic hydroxyl groups is 1. The maximum atomic E-state index is 12.5. The first kappa shape index (κ1) is 19.8. The molecule has 15 heteroatoms. The molecule has 146 valence electrons. The number of hydrogen-bond donors (Lipinski definition) is 3. The third-order valence-corrected chi connectivity index (χ3v) is 6.65. The van der Waals surface area contributed by atoms with Gasteiger partial charge in [0.25, 0.3) is 0 Å². The molecule has 13 nitrogen and oxygen atoms in total. The molecule has 0 spiro atoms. The van der Waals surface area contributed by atoms with E-state index in [4.69, 9.17) is 19.5 Å². The highest BCUT2D eigenvalue weighted by molar-refractivity contribution is 7.61. The smallest absolute Gasteiger partial charge is 0.386 e. The quantitative estimate of drug-likeness (QED) is 0.490. The number of ether oxygens (including phenoxy) is 1. The fraction of sp³-hybridized carbons (Fsp3) is 0.636. The number of hydrogen-bond acceptors (Lipinski definition) is 11. The van der Waals surface area contributed by atoms with Gasteiger partial charge in [0.1, 0.15) is 18.3 Å². The highest BCUT2D eigenvalue weighted by Gasteiger charge is 2.55. The Bertz CT molecular complexity index is 802. The number of rotatable bonds is 6. The summed E-state index contributed by atoms with van der Waals surface area (Å²) in [5.74, 6) is 0. The van der Waals surface area contributed by atoms with Crippen LogP contribution in [0, 0.1) is 0 Å². The van der Waals surface area contributed by atoms with Gasteiger partial charge in [-0.25, -0.2) is 18.9 Å². The number of phosphoric acid groups is 2. The van der Waals surface area contributed by atoms with E-state index in [1.165, 1.54) is 18.5 Å². The minimum atomic E-state index is -4.76. The lowest BCUT2D eigenvalue weighted by atomic mass is 10.1. The fourth-order valence-corrected chi connectivity index (χ4v) is 5.31. The van der Waals surface area contributed by atoms with Gasteiger partial charge >= 0.3 is 21.3 Å². The molecule has 0 amide bonds. The molecule has 1 aromatic heterocycles. The molecule has 2 aliphatic rings. The molecule has 6 atom stereocenters. The second-order valence-corrected chi connectivity index (χ2v) is 8.56. The van der Waals surface area contributed by atoms with Crippen molar-refractivity contribution in [3.63, 3.8) is 0 Å². The van der Waals surface area contributed by atoms with Crippen LogP contribution in [-0.2, 0) is 31.7 Å². The molecular formula is C11H17N3O10P2. The van der Waals surface area contributed by atoms with Crippen LogP contribution in [-0.4, -0.2) is 57.6 Å². The van der Waals surface area contributed by atoms with Gasteiger partial charge in [-0.05, 0) is 6.07 Å². The molecule has 2 aliphatic heterocycles. The molecule has 0 aromatic carbocycles. The number of fused-ring (bicyclic) bond motifs is 1. The van der Waals surface area contributed by atoms with Crippen molar-refractivity contribution in [1.29, 1.82) is 0 Å². The Balaban J connectivity index is 1.74. The van der Waals surface area contributed by atoms with E-state index >= 15 is 0 Å². The van der Waals surface area contributed by atoms with E-state index in [1.807, 2.05) is 0 Å². The Labute approximate surface area is 146 Å². The maximum Gasteiger partial charge on any atom is 0.484 e. The lowest BCUT2D eigenvalue weighted by Gasteiger charge is -2.31. The molecule has 0 radical (unpaired) electrons. The van der Waals surface area contributed by atoms with Gasteiger partial charge in [0.05, 0.1) is 13.2 Å². The summed E-state index contributed by atoms with van der Waals surface area (Å²) in [4.78, 5) is 24.8. The van der Waals surface area contributed by atoms with E-state index in [9.17, 15) is 23.9 Å². The Morgan fingerprint density at radius 1 is 1.54 bits per heavy atom. The van der Waals surface area contributed by atoms with Crippen LogP contribution in [0.2, 0.25) is 0 Å². The Kier molecular flexibility index (Phi) is 5.75. The third kappa shape index (κ3) is 4.12. The summed E-state index contributed by atoms with van der Waals surface area (Å²) in [5.41, 5.74) is 4.47. The van der Waals surface area contributed by atoms with Crippen molar-refractivity contribution in [3.8, 4) is 0 Å². The van der Waals surface area contributed by atoms with Crippen LogP contribution in [0.1, 0.15) is 6.23 Å². The fourth-order valence-electron chi connectivity index (χ4n) is 2.48. The minimum Gasteiger partial charge on any atom is -0.386 e. The third-order valence-electron chi connectivity index (χ3n) is 3.55. The second kappa shape index (κ2) is 7.56. The second-order valence-electron chi connectivity index (χ2n) is 5.35. The number of aromatic nitrogens is 2. The van der Waals surface area contributed by atoms with Crippen molar-refractivity contribution < 1.29 is 41.7 Å². The molecular weight excluding hydrogens is 396 g/mol. The SMILES string of the molecule is NCCOP(=O)(O)OP1(=O)OC[C@H]2O[C@@H](n3cccnc3=O)C(O)[C@@H]2O1. The average Bonchev–Trinajstić information content (AvgIpc) is 2.89. The zero-order valence-corrected chi connectivity index (χ0v) is 15.0. The summed E-state index contributed by atoms with van der Waals surface area (Å²) < 4.78 is 49.6. The minimum absolute atomic E-state index is 0.0707. The lowest BCUT2D eigenvalue weighted by molar-refractivity contribution is -0.0684. The first-order valence-electron chi connectivity index (χ1n) is 7.43. The van der Waals surface area contributed by atoms with Crippen LogP contribution in [0.3, 0.4) is 0 Å². The molecule has 26 heavy (non-hydrogen) atoms. The van der Waals surface area contributed by atoms with Gasteiger partial charge < -0.3 is 20.5 Å². The zero-order valence-electron chi connectivity index (χ0n) is 13.2. The van der Waals surface area contributed by atoms with E-state index in [2.05, 4.69) is 13.8 Å². The molecule has 3 rings (SSSR count). The maximum absolute atomic E-state index is 12.5. The lowest BCUT2D eigenvalue weighted by Crippen LogP contribution is -2.40. The van der Waals surface area contributed by atoms with Crippen LogP contribution in [0.4, 0.5) is 0 Å². The van der Waals surface area contributed by atoms with Gasteiger partial charge in [0.15, 0.2) is 6.23 Å². The summed E-state index contributed by atoms with van der Waals surface area (Å²) in [6.45, 7) is -0.766. The monoisotopic (exact) mass is 413 g/mol. The van der Waals surface area contributed by atoms with Gasteiger partial charge in [0, 0.05) is 18.9 Å². The average molecular weight is 413 g/mol. The van der Waals surface area contributed by atoms with E-state index in [0.29, 0.717) is 0 Å². The summed E-state index contributed by atoms with van der Waals surface area (Å²) in [6, 6.07) is 1.46. The highest BCUT2D eigenvalue weighted by atomic mass is 31.3. The summed E-state index contributed by atoms with van der Waals surface area (Å²) >= 11 is 0. The van der Waals surface area contributed by atoms with Crippen LogP contribution >= 0.6 is 15.6 Å². The molecule has 3 unspecified atom stereocenters. The van der Waals surface area contributed by atoms with Crippen molar-refractivity contribution in [2.75, 3.05) is 19.8 Å². The molecule has 2 fully saturated rings. The van der Waals surface area contributed by atoms with E-state index in [-0.39, 0.29) is 19.8 Å². The van der Waals surface area contributed by atoms with Gasteiger partial charge in [-0.15, -0.1) is 0 Å². The van der Waals surface area contributed by atoms with Gasteiger partial charge in [-0.3, -0.25) is 18.1 Å². The zero-order chi connectivity index (χ0) is 18.9. The number of nitrogens with zero attached hydrogens (tertiary/aromatic N) is 2. The number of aliphatic hydroxyl groups excluding tert-OH is 1. The van der Waals surface area contributed by atoms with Crippen LogP contribution in [0.5, 0.6) is 0 Å². The largest absolute Gasteiger partial charge is 0.484 e. The van der Waals surface area contributed by atoms with Crippen molar-refractivity contribution in [2.45, 2.75) is 24.5 Å². The van der Waals surface area contributed by atoms with Gasteiger partial charge in [-0.1, -0.05) is 0 Å². The van der Waals surface area contributed by atoms with Gasteiger partial charge in [0.2, 0.25) is 0 Å². The van der Waals surface area contributed by atoms with E-state index in [1.54, 1.807) is 0 Å². The number of phosphoric ester groups is 2. The normalized spacial score (nSPS) is 36.4. The summed E-state index contributed by atoms with van der Waals surface area (Å²) in [6.07, 6.45) is -2.12. The Morgan fingerprint density at radius 3 is 3.00 bits per heavy atom. The predicted octanol–water partition coefficient (Wildman–Crippen LogP) is -0.883. The molecule has 1 aromatic rings. The van der Waals surface area contributed by atoms with Crippen LogP contribution < -0.4 is 11.4 Å². The summed E-state index contributed by atoms with van der Waals surface area (Å²) in [7, 11) is -9.30. The van der Waals surface area contributed by atoms with Crippen LogP contribution in [0.15, 0.2) is 23.3 Å². The Morgan fingerprint density at radius 2 is 2.31 bits per heavy atom. The van der Waals surface area contributed by atoms with E-state index in [0.717, 1.165) is 4.57 Å². The first-order chi connectivity index (χ1) is 12.2. The first-order valence-corrected chi connectivity index (χ1v) is 10.4. The van der Waals surface area contributed by atoms with E-state index < -0.39 is 45.9 Å². The van der Waals surface area contributed by atoms with Gasteiger partial charge in [-0.2, -0.15) is 4.31 Å². The predicted molar refractivity (Wildman–Crippen MR) is 82.8 cm³/mol. The molecule has 0 bridgehead atoms. The van der Waals surface area contributed by atoms with Crippen molar-refractivity contribution in [2.24, 2.45) is 5.73 Å². The summed E-state index contributed by atoms with van der Waals surface area (Å²) in [5, 5.41) is 10.4. The molecule has 4 N–H and O–H groups in total. The topological polar surface area (TPSA) is 182 Å². The standard InChI is InChI=1S/C11H17N3O10P2/c12-2-5-20-25(17,18)24-26(19)21-6-7-9(23-26)8(15)10(22-7)14-4-1-3-13-11(14)16/h1,3-4,7-10,15H,2,5-6,12H2,(H,17,18)/t7-,8?,9-,10-,26?/m1/s1. The van der Waals surface area contributed by atoms with Crippen LogP contribution in [0.25, 0.3) is 0 Å². The highest BCUT2D eigenvalue weighted by Crippen LogP contribution is 2.66. The van der Waals surface area contributed by atoms with Crippen molar-refractivity contribution in [1.82, 2.24) is 9.55 Å².